The van der Waals surface area contributed by atoms with Crippen molar-refractivity contribution in [2.75, 3.05) is 13.7 Å². The summed E-state index contributed by atoms with van der Waals surface area (Å²) >= 11 is 0. The van der Waals surface area contributed by atoms with Crippen LogP contribution in [0.4, 0.5) is 8.78 Å². The van der Waals surface area contributed by atoms with Crippen LogP contribution in [0, 0.1) is 11.3 Å². The molecule has 0 saturated carbocycles. The minimum Gasteiger partial charge on any atom is -0.490 e. The van der Waals surface area contributed by atoms with Crippen molar-refractivity contribution in [1.82, 2.24) is 0 Å². The summed E-state index contributed by atoms with van der Waals surface area (Å²) in [5.41, 5.74) is -0.228. The Labute approximate surface area is 120 Å². The summed E-state index contributed by atoms with van der Waals surface area (Å²) in [5.74, 6) is -1.03. The van der Waals surface area contributed by atoms with Gasteiger partial charge in [-0.05, 0) is 19.1 Å². The fraction of sp³-hybridized carbons (Fsp3) is 0.286. The molecule has 21 heavy (non-hydrogen) atoms. The van der Waals surface area contributed by atoms with E-state index in [1.54, 1.807) is 13.0 Å². The predicted molar refractivity (Wildman–Crippen MR) is 69.8 cm³/mol. The molecule has 0 saturated heterocycles. The van der Waals surface area contributed by atoms with Gasteiger partial charge in [0.2, 0.25) is 0 Å². The fourth-order valence-corrected chi connectivity index (χ4v) is 1.53. The number of halogens is 2. The first-order valence-corrected chi connectivity index (χ1v) is 5.94. The minimum atomic E-state index is -3.07. The molecular formula is C14H13F2NO4. The maximum Gasteiger partial charge on any atom is 0.387 e. The number of esters is 1. The van der Waals surface area contributed by atoms with Crippen molar-refractivity contribution < 1.29 is 27.8 Å². The van der Waals surface area contributed by atoms with E-state index in [-0.39, 0.29) is 29.2 Å². The van der Waals surface area contributed by atoms with E-state index in [9.17, 15) is 13.6 Å². The number of nitrogens with zero attached hydrogens (tertiary/aromatic N) is 1. The maximum absolute atomic E-state index is 12.5. The SMILES string of the molecule is CCOc1cccc(/C=C(\C#N)C(=O)OC)c1OC(F)F. The Morgan fingerprint density at radius 3 is 2.71 bits per heavy atom. The molecule has 0 aliphatic carbocycles. The molecule has 1 rings (SSSR count). The molecule has 0 aliphatic rings. The number of carbonyl (C=O) groups is 1. The van der Waals surface area contributed by atoms with Gasteiger partial charge in [0.15, 0.2) is 11.5 Å². The zero-order chi connectivity index (χ0) is 15.8. The van der Waals surface area contributed by atoms with E-state index >= 15 is 0 Å². The summed E-state index contributed by atoms with van der Waals surface area (Å²) in [7, 11) is 1.11. The third-order valence-electron chi connectivity index (χ3n) is 2.34. The minimum absolute atomic E-state index is 0.0914. The average molecular weight is 297 g/mol. The molecule has 0 radical (unpaired) electrons. The third-order valence-corrected chi connectivity index (χ3v) is 2.34. The van der Waals surface area contributed by atoms with Crippen molar-refractivity contribution in [3.8, 4) is 17.6 Å². The molecule has 0 fully saturated rings. The molecule has 0 bridgehead atoms. The summed E-state index contributed by atoms with van der Waals surface area (Å²) in [6.45, 7) is -1.14. The van der Waals surface area contributed by atoms with Gasteiger partial charge in [0.1, 0.15) is 11.6 Å². The van der Waals surface area contributed by atoms with Crippen molar-refractivity contribution in [2.24, 2.45) is 0 Å². The molecule has 0 atom stereocenters. The maximum atomic E-state index is 12.5. The smallest absolute Gasteiger partial charge is 0.387 e. The topological polar surface area (TPSA) is 68.5 Å². The van der Waals surface area contributed by atoms with Crippen LogP contribution in [0.1, 0.15) is 12.5 Å². The lowest BCUT2D eigenvalue weighted by Gasteiger charge is -2.13. The van der Waals surface area contributed by atoms with Crippen molar-refractivity contribution in [2.45, 2.75) is 13.5 Å². The summed E-state index contributed by atoms with van der Waals surface area (Å²) in [5, 5.41) is 8.89. The highest BCUT2D eigenvalue weighted by molar-refractivity contribution is 5.98. The molecule has 0 N–H and O–H groups in total. The Hall–Kier alpha value is -2.62. The molecule has 5 nitrogen and oxygen atoms in total. The first-order chi connectivity index (χ1) is 10.0. The monoisotopic (exact) mass is 297 g/mol. The van der Waals surface area contributed by atoms with Gasteiger partial charge in [0, 0.05) is 5.56 Å². The highest BCUT2D eigenvalue weighted by Crippen LogP contribution is 2.34. The van der Waals surface area contributed by atoms with Crippen LogP contribution in [0.5, 0.6) is 11.5 Å². The number of carbonyl (C=O) groups excluding carboxylic acids is 1. The van der Waals surface area contributed by atoms with Crippen LogP contribution in [-0.2, 0) is 9.53 Å². The van der Waals surface area contributed by atoms with E-state index in [1.807, 2.05) is 0 Å². The Morgan fingerprint density at radius 1 is 1.48 bits per heavy atom. The third kappa shape index (κ3) is 4.45. The molecule has 0 spiro atoms. The fourth-order valence-electron chi connectivity index (χ4n) is 1.53. The highest BCUT2D eigenvalue weighted by Gasteiger charge is 2.17. The molecule has 0 heterocycles. The van der Waals surface area contributed by atoms with Gasteiger partial charge >= 0.3 is 12.6 Å². The number of hydrogen-bond donors (Lipinski definition) is 0. The highest BCUT2D eigenvalue weighted by atomic mass is 19.3. The molecule has 1 aromatic rings. The summed E-state index contributed by atoms with van der Waals surface area (Å²) in [6.07, 6.45) is 1.10. The van der Waals surface area contributed by atoms with Crippen LogP contribution in [0.2, 0.25) is 0 Å². The normalized spacial score (nSPS) is 11.0. The van der Waals surface area contributed by atoms with Gasteiger partial charge in [-0.3, -0.25) is 0 Å². The van der Waals surface area contributed by atoms with Crippen LogP contribution in [0.25, 0.3) is 6.08 Å². The van der Waals surface area contributed by atoms with Crippen LogP contribution >= 0.6 is 0 Å². The number of nitriles is 1. The van der Waals surface area contributed by atoms with Crippen molar-refractivity contribution >= 4 is 12.0 Å². The number of hydrogen-bond acceptors (Lipinski definition) is 5. The standard InChI is InChI=1S/C14H13F2NO4/c1-3-20-11-6-4-5-9(12(11)21-14(15)16)7-10(8-17)13(18)19-2/h4-7,14H,3H2,1-2H3/b10-7+. The van der Waals surface area contributed by atoms with E-state index in [0.717, 1.165) is 13.2 Å². The molecule has 0 aliphatic heterocycles. The largest absolute Gasteiger partial charge is 0.490 e. The van der Waals surface area contributed by atoms with Crippen LogP contribution in [-0.4, -0.2) is 26.3 Å². The Bertz CT molecular complexity index is 579. The van der Waals surface area contributed by atoms with Crippen molar-refractivity contribution in [3.05, 3.63) is 29.3 Å². The van der Waals surface area contributed by atoms with E-state index in [1.165, 1.54) is 18.2 Å². The van der Waals surface area contributed by atoms with Gasteiger partial charge in [-0.1, -0.05) is 12.1 Å². The lowest BCUT2D eigenvalue weighted by atomic mass is 10.1. The van der Waals surface area contributed by atoms with Gasteiger partial charge in [0.05, 0.1) is 13.7 Å². The van der Waals surface area contributed by atoms with Gasteiger partial charge in [0.25, 0.3) is 0 Å². The second-order valence-electron chi connectivity index (χ2n) is 3.65. The predicted octanol–water partition coefficient (Wildman–Crippen LogP) is 2.77. The zero-order valence-corrected chi connectivity index (χ0v) is 11.4. The number of ether oxygens (including phenoxy) is 3. The van der Waals surface area contributed by atoms with E-state index in [2.05, 4.69) is 9.47 Å². The van der Waals surface area contributed by atoms with E-state index < -0.39 is 12.6 Å². The number of benzene rings is 1. The van der Waals surface area contributed by atoms with Gasteiger partial charge < -0.3 is 14.2 Å². The number of para-hydroxylation sites is 1. The quantitative estimate of drug-likeness (QED) is 0.459. The molecule has 0 amide bonds. The first kappa shape index (κ1) is 16.4. The molecular weight excluding hydrogens is 284 g/mol. The molecule has 112 valence electrons. The number of alkyl halides is 2. The van der Waals surface area contributed by atoms with Gasteiger partial charge in [-0.25, -0.2) is 4.79 Å². The van der Waals surface area contributed by atoms with E-state index in [4.69, 9.17) is 10.00 Å². The Balaban J connectivity index is 3.34. The number of methoxy groups -OCH3 is 1. The van der Waals surface area contributed by atoms with E-state index in [0.29, 0.717) is 0 Å². The average Bonchev–Trinajstić information content (AvgIpc) is 2.46. The summed E-state index contributed by atoms with van der Waals surface area (Å²) < 4.78 is 39.1. The summed E-state index contributed by atoms with van der Waals surface area (Å²) in [4.78, 5) is 11.4. The van der Waals surface area contributed by atoms with Crippen molar-refractivity contribution in [3.63, 3.8) is 0 Å². The molecule has 7 heteroatoms. The molecule has 0 aromatic heterocycles. The Kier molecular flexibility index (Phi) is 6.14. The van der Waals surface area contributed by atoms with Gasteiger partial charge in [-0.15, -0.1) is 0 Å². The second kappa shape index (κ2) is 7.85. The summed E-state index contributed by atoms with van der Waals surface area (Å²) in [6, 6.07) is 6.03. The molecule has 0 unspecified atom stereocenters. The first-order valence-electron chi connectivity index (χ1n) is 5.94. The lowest BCUT2D eigenvalue weighted by molar-refractivity contribution is -0.135. The lowest BCUT2D eigenvalue weighted by Crippen LogP contribution is -2.07. The molecule has 1 aromatic carbocycles. The Morgan fingerprint density at radius 2 is 2.19 bits per heavy atom. The van der Waals surface area contributed by atoms with Crippen LogP contribution < -0.4 is 9.47 Å². The van der Waals surface area contributed by atoms with Crippen LogP contribution in [0.3, 0.4) is 0 Å². The van der Waals surface area contributed by atoms with Crippen molar-refractivity contribution in [1.29, 1.82) is 5.26 Å². The second-order valence-corrected chi connectivity index (χ2v) is 3.65. The van der Waals surface area contributed by atoms with Gasteiger partial charge in [-0.2, -0.15) is 14.0 Å². The number of rotatable bonds is 6. The van der Waals surface area contributed by atoms with Crippen LogP contribution in [0.15, 0.2) is 23.8 Å². The zero-order valence-electron chi connectivity index (χ0n) is 11.4.